The lowest BCUT2D eigenvalue weighted by Crippen LogP contribution is -2.40. The molecule has 1 aliphatic rings. The second-order valence-electron chi connectivity index (χ2n) is 7.86. The Labute approximate surface area is 180 Å². The third-order valence-corrected chi connectivity index (χ3v) is 5.93. The van der Waals surface area contributed by atoms with E-state index in [0.29, 0.717) is 29.7 Å². The van der Waals surface area contributed by atoms with Gasteiger partial charge in [-0.1, -0.05) is 0 Å². The lowest BCUT2D eigenvalue weighted by Gasteiger charge is -2.35. The number of aryl methyl sites for hydroxylation is 2. The van der Waals surface area contributed by atoms with Crippen LogP contribution in [0.5, 0.6) is 5.88 Å². The Morgan fingerprint density at radius 3 is 2.71 bits per heavy atom. The average Bonchev–Trinajstić information content (AvgIpc) is 3.33. The molecule has 1 fully saturated rings. The smallest absolute Gasteiger partial charge is 0.218 e. The maximum absolute atomic E-state index is 5.44. The molecule has 1 aliphatic carbocycles. The first-order chi connectivity index (χ1) is 15.1. The number of fused-ring (bicyclic) bond motifs is 1. The molecule has 0 unspecified atom stereocenters. The van der Waals surface area contributed by atoms with Crippen molar-refractivity contribution in [2.45, 2.75) is 31.9 Å². The van der Waals surface area contributed by atoms with Crippen molar-refractivity contribution in [3.8, 4) is 28.7 Å². The molecule has 1 saturated carbocycles. The van der Waals surface area contributed by atoms with Gasteiger partial charge >= 0.3 is 0 Å². The van der Waals surface area contributed by atoms with Crippen molar-refractivity contribution in [3.63, 3.8) is 0 Å². The van der Waals surface area contributed by atoms with E-state index in [4.69, 9.17) is 19.6 Å². The molecule has 0 radical (unpaired) electrons. The molecule has 0 atom stereocenters. The largest absolute Gasteiger partial charge is 0.481 e. The van der Waals surface area contributed by atoms with Gasteiger partial charge in [-0.2, -0.15) is 0 Å². The summed E-state index contributed by atoms with van der Waals surface area (Å²) in [5, 5.41) is 8.39. The molecule has 5 rings (SSSR count). The standard InChI is InChI=1S/C22H25N7O2/c1-13-17(14-5-6-23-18(9-14)31-4)12-29-19(13)20(25-15-10-16(11-15)30-3)26-21(27-29)22-24-7-8-28(22)2/h5-9,12,15-16H,10-11H2,1-4H3,(H,25,26,27)/t15-,16-. The summed E-state index contributed by atoms with van der Waals surface area (Å²) in [6, 6.07) is 4.22. The van der Waals surface area contributed by atoms with Crippen molar-refractivity contribution < 1.29 is 9.47 Å². The van der Waals surface area contributed by atoms with E-state index in [1.165, 1.54) is 0 Å². The molecule has 0 amide bonds. The molecule has 9 nitrogen and oxygen atoms in total. The second kappa shape index (κ2) is 7.66. The van der Waals surface area contributed by atoms with E-state index in [1.54, 1.807) is 26.6 Å². The number of anilines is 1. The number of hydrogen-bond donors (Lipinski definition) is 1. The number of ether oxygens (including phenoxy) is 2. The van der Waals surface area contributed by atoms with Crippen LogP contribution in [0.1, 0.15) is 18.4 Å². The number of rotatable bonds is 6. The van der Waals surface area contributed by atoms with E-state index >= 15 is 0 Å². The van der Waals surface area contributed by atoms with Crippen LogP contribution in [-0.4, -0.2) is 55.5 Å². The highest BCUT2D eigenvalue weighted by Gasteiger charge is 2.30. The van der Waals surface area contributed by atoms with Gasteiger partial charge in [0.1, 0.15) is 5.52 Å². The SMILES string of the molecule is COc1cc(-c2cn3nc(-c4nccn4C)nc(N[C@H]4C[C@H](OC)C4)c3c2C)ccn1. The molecule has 9 heteroatoms. The third kappa shape index (κ3) is 3.40. The van der Waals surface area contributed by atoms with Crippen molar-refractivity contribution in [1.29, 1.82) is 0 Å². The van der Waals surface area contributed by atoms with Crippen LogP contribution in [0.2, 0.25) is 0 Å². The summed E-state index contributed by atoms with van der Waals surface area (Å²) in [5.41, 5.74) is 4.11. The van der Waals surface area contributed by atoms with Gasteiger partial charge in [-0.3, -0.25) is 0 Å². The second-order valence-corrected chi connectivity index (χ2v) is 7.86. The number of aromatic nitrogens is 6. The quantitative estimate of drug-likeness (QED) is 0.513. The molecule has 0 spiro atoms. The Kier molecular flexibility index (Phi) is 4.82. The Morgan fingerprint density at radius 1 is 1.16 bits per heavy atom. The first-order valence-corrected chi connectivity index (χ1v) is 10.2. The van der Waals surface area contributed by atoms with Crippen LogP contribution in [0.3, 0.4) is 0 Å². The summed E-state index contributed by atoms with van der Waals surface area (Å²) in [6.07, 6.45) is 9.63. The summed E-state index contributed by atoms with van der Waals surface area (Å²) in [5.74, 6) is 2.66. The zero-order valence-electron chi connectivity index (χ0n) is 18.0. The summed E-state index contributed by atoms with van der Waals surface area (Å²) in [6.45, 7) is 2.09. The minimum absolute atomic E-state index is 0.303. The van der Waals surface area contributed by atoms with Gasteiger partial charge in [-0.05, 0) is 37.0 Å². The molecule has 0 aromatic carbocycles. The third-order valence-electron chi connectivity index (χ3n) is 5.93. The lowest BCUT2D eigenvalue weighted by atomic mass is 9.89. The molecule has 4 heterocycles. The molecule has 160 valence electrons. The zero-order chi connectivity index (χ0) is 21.5. The van der Waals surface area contributed by atoms with Crippen molar-refractivity contribution >= 4 is 11.3 Å². The van der Waals surface area contributed by atoms with Gasteiger partial charge in [0.15, 0.2) is 11.6 Å². The molecular weight excluding hydrogens is 394 g/mol. The predicted molar refractivity (Wildman–Crippen MR) is 117 cm³/mol. The van der Waals surface area contributed by atoms with Crippen molar-refractivity contribution in [2.75, 3.05) is 19.5 Å². The minimum atomic E-state index is 0.303. The van der Waals surface area contributed by atoms with Crippen LogP contribution in [0.4, 0.5) is 5.82 Å². The minimum Gasteiger partial charge on any atom is -0.481 e. The Hall–Kier alpha value is -3.46. The number of pyridine rings is 1. The van der Waals surface area contributed by atoms with Gasteiger partial charge in [-0.15, -0.1) is 5.10 Å². The first kappa shape index (κ1) is 19.5. The van der Waals surface area contributed by atoms with E-state index in [1.807, 2.05) is 40.7 Å². The number of imidazole rings is 1. The average molecular weight is 419 g/mol. The molecule has 0 aliphatic heterocycles. The summed E-state index contributed by atoms with van der Waals surface area (Å²) >= 11 is 0. The van der Waals surface area contributed by atoms with Gasteiger partial charge in [0.05, 0.1) is 13.2 Å². The monoisotopic (exact) mass is 419 g/mol. The van der Waals surface area contributed by atoms with Crippen molar-refractivity contribution in [3.05, 3.63) is 42.5 Å². The van der Waals surface area contributed by atoms with Crippen LogP contribution in [-0.2, 0) is 11.8 Å². The Balaban J connectivity index is 1.64. The van der Waals surface area contributed by atoms with Gasteiger partial charge in [0, 0.05) is 56.6 Å². The van der Waals surface area contributed by atoms with Gasteiger partial charge in [-0.25, -0.2) is 19.5 Å². The maximum atomic E-state index is 5.44. The van der Waals surface area contributed by atoms with E-state index in [9.17, 15) is 0 Å². The Bertz CT molecular complexity index is 1240. The molecule has 4 aromatic heterocycles. The van der Waals surface area contributed by atoms with E-state index in [-0.39, 0.29) is 0 Å². The Morgan fingerprint density at radius 2 is 2.00 bits per heavy atom. The summed E-state index contributed by atoms with van der Waals surface area (Å²) in [4.78, 5) is 13.5. The molecule has 31 heavy (non-hydrogen) atoms. The molecular formula is C22H25N7O2. The maximum Gasteiger partial charge on any atom is 0.218 e. The van der Waals surface area contributed by atoms with Crippen molar-refractivity contribution in [2.24, 2.45) is 7.05 Å². The normalized spacial score (nSPS) is 18.2. The fourth-order valence-corrected chi connectivity index (χ4v) is 4.06. The van der Waals surface area contributed by atoms with Crippen LogP contribution >= 0.6 is 0 Å². The van der Waals surface area contributed by atoms with E-state index < -0.39 is 0 Å². The highest BCUT2D eigenvalue weighted by molar-refractivity contribution is 5.83. The summed E-state index contributed by atoms with van der Waals surface area (Å²) < 4.78 is 14.6. The lowest BCUT2D eigenvalue weighted by molar-refractivity contribution is 0.0328. The first-order valence-electron chi connectivity index (χ1n) is 10.2. The zero-order valence-corrected chi connectivity index (χ0v) is 18.0. The number of nitrogens with zero attached hydrogens (tertiary/aromatic N) is 6. The van der Waals surface area contributed by atoms with Gasteiger partial charge < -0.3 is 19.4 Å². The summed E-state index contributed by atoms with van der Waals surface area (Å²) in [7, 11) is 5.32. The molecule has 1 N–H and O–H groups in total. The van der Waals surface area contributed by atoms with Crippen molar-refractivity contribution in [1.82, 2.24) is 29.1 Å². The van der Waals surface area contributed by atoms with Gasteiger partial charge in [0.2, 0.25) is 11.7 Å². The predicted octanol–water partition coefficient (Wildman–Crippen LogP) is 3.10. The molecule has 4 aromatic rings. The van der Waals surface area contributed by atoms with E-state index in [2.05, 4.69) is 22.2 Å². The fraction of sp³-hybridized carbons (Fsp3) is 0.364. The molecule has 0 bridgehead atoms. The topological polar surface area (TPSA) is 91.4 Å². The van der Waals surface area contributed by atoms with Crippen LogP contribution < -0.4 is 10.1 Å². The highest BCUT2D eigenvalue weighted by atomic mass is 16.5. The van der Waals surface area contributed by atoms with Crippen LogP contribution in [0.15, 0.2) is 36.9 Å². The van der Waals surface area contributed by atoms with Crippen LogP contribution in [0, 0.1) is 6.92 Å². The number of nitrogens with one attached hydrogen (secondary N) is 1. The van der Waals surface area contributed by atoms with E-state index in [0.717, 1.165) is 40.9 Å². The van der Waals surface area contributed by atoms with Gasteiger partial charge in [0.25, 0.3) is 0 Å². The number of methoxy groups -OCH3 is 2. The number of hydrogen-bond acceptors (Lipinski definition) is 7. The fourth-order valence-electron chi connectivity index (χ4n) is 4.06. The van der Waals surface area contributed by atoms with Crippen LogP contribution in [0.25, 0.3) is 28.3 Å². The molecule has 0 saturated heterocycles. The highest BCUT2D eigenvalue weighted by Crippen LogP contribution is 2.34.